The highest BCUT2D eigenvalue weighted by Crippen LogP contribution is 2.27. The fourth-order valence-electron chi connectivity index (χ4n) is 2.16. The summed E-state index contributed by atoms with van der Waals surface area (Å²) in [5.41, 5.74) is 1.27. The third kappa shape index (κ3) is 2.96. The van der Waals surface area contributed by atoms with Crippen molar-refractivity contribution in [2.75, 3.05) is 6.61 Å². The van der Waals surface area contributed by atoms with E-state index < -0.39 is 24.3 Å². The summed E-state index contributed by atoms with van der Waals surface area (Å²) in [7, 11) is 0. The summed E-state index contributed by atoms with van der Waals surface area (Å²) < 4.78 is 5.55. The van der Waals surface area contributed by atoms with Crippen LogP contribution in [0.1, 0.15) is 28.8 Å². The van der Waals surface area contributed by atoms with Crippen molar-refractivity contribution in [1.82, 2.24) is 5.32 Å². The molecule has 0 saturated carbocycles. The van der Waals surface area contributed by atoms with Crippen molar-refractivity contribution in [2.24, 2.45) is 0 Å². The van der Waals surface area contributed by atoms with Gasteiger partial charge in [-0.05, 0) is 18.6 Å². The molecule has 0 fully saturated rings. The minimum atomic E-state index is -1.23. The van der Waals surface area contributed by atoms with Gasteiger partial charge in [-0.3, -0.25) is 14.4 Å². The summed E-state index contributed by atoms with van der Waals surface area (Å²) >= 11 is 0. The molecule has 0 spiro atoms. The zero-order valence-electron chi connectivity index (χ0n) is 11.0. The number of Topliss-reactive ketones (excluding diaryl/α,β-unsaturated/α-hetero) is 1. The number of aliphatic carboxylic acids is 1. The highest BCUT2D eigenvalue weighted by molar-refractivity contribution is 6.05. The topological polar surface area (TPSA) is 92.7 Å². The highest BCUT2D eigenvalue weighted by Gasteiger charge is 2.28. The van der Waals surface area contributed by atoms with Crippen LogP contribution in [0.5, 0.6) is 5.75 Å². The molecule has 0 radical (unpaired) electrons. The minimum absolute atomic E-state index is 0.250. The SMILES string of the molecule is Cc1cccc2c1OCCC(NC(=O)CC(=O)O)C2=O. The average Bonchev–Trinajstić information content (AvgIpc) is 2.51. The molecule has 1 amide bonds. The first kappa shape index (κ1) is 14.0. The monoisotopic (exact) mass is 277 g/mol. The number of benzene rings is 1. The number of carbonyl (C=O) groups is 3. The van der Waals surface area contributed by atoms with Crippen molar-refractivity contribution in [2.45, 2.75) is 25.8 Å². The first-order chi connectivity index (χ1) is 9.49. The number of nitrogens with one attached hydrogen (secondary N) is 1. The van der Waals surface area contributed by atoms with Crippen molar-refractivity contribution in [3.05, 3.63) is 29.3 Å². The van der Waals surface area contributed by atoms with Crippen LogP contribution in [0, 0.1) is 6.92 Å². The maximum absolute atomic E-state index is 12.4. The van der Waals surface area contributed by atoms with Gasteiger partial charge in [0.1, 0.15) is 12.2 Å². The van der Waals surface area contributed by atoms with E-state index in [1.165, 1.54) is 0 Å². The van der Waals surface area contributed by atoms with E-state index in [2.05, 4.69) is 5.32 Å². The molecule has 0 aliphatic carbocycles. The van der Waals surface area contributed by atoms with Crippen molar-refractivity contribution in [1.29, 1.82) is 0 Å². The fourth-order valence-corrected chi connectivity index (χ4v) is 2.16. The number of fused-ring (bicyclic) bond motifs is 1. The Labute approximate surface area is 115 Å². The van der Waals surface area contributed by atoms with E-state index in [1.54, 1.807) is 12.1 Å². The second-order valence-electron chi connectivity index (χ2n) is 4.64. The third-order valence-corrected chi connectivity index (χ3v) is 3.09. The summed E-state index contributed by atoms with van der Waals surface area (Å²) in [4.78, 5) is 34.3. The predicted octanol–water partition coefficient (Wildman–Crippen LogP) is 0.920. The average molecular weight is 277 g/mol. The Bertz CT molecular complexity index is 567. The Morgan fingerprint density at radius 2 is 2.20 bits per heavy atom. The number of aryl methyl sites for hydroxylation is 1. The van der Waals surface area contributed by atoms with Crippen LogP contribution in [0.4, 0.5) is 0 Å². The zero-order chi connectivity index (χ0) is 14.7. The van der Waals surface area contributed by atoms with Crippen molar-refractivity contribution < 1.29 is 24.2 Å². The summed E-state index contributed by atoms with van der Waals surface area (Å²) in [6, 6.07) is 4.49. The molecule has 6 heteroatoms. The molecule has 1 unspecified atom stereocenters. The summed E-state index contributed by atoms with van der Waals surface area (Å²) in [6.07, 6.45) is -0.330. The molecule has 1 aliphatic heterocycles. The molecule has 1 heterocycles. The molecule has 0 bridgehead atoms. The van der Waals surface area contributed by atoms with Gasteiger partial charge >= 0.3 is 5.97 Å². The second-order valence-corrected chi connectivity index (χ2v) is 4.64. The van der Waals surface area contributed by atoms with Gasteiger partial charge in [0.05, 0.1) is 18.2 Å². The lowest BCUT2D eigenvalue weighted by atomic mass is 10.00. The summed E-state index contributed by atoms with van der Waals surface area (Å²) in [5.74, 6) is -1.62. The predicted molar refractivity (Wildman–Crippen MR) is 69.8 cm³/mol. The lowest BCUT2D eigenvalue weighted by molar-refractivity contribution is -0.140. The van der Waals surface area contributed by atoms with Crippen LogP contribution in [0.15, 0.2) is 18.2 Å². The van der Waals surface area contributed by atoms with E-state index in [9.17, 15) is 14.4 Å². The maximum atomic E-state index is 12.4. The van der Waals surface area contributed by atoms with Crippen LogP contribution in [-0.2, 0) is 9.59 Å². The number of carboxylic acids is 1. The Kier molecular flexibility index (Phi) is 4.02. The standard InChI is InChI=1S/C14H15NO5/c1-8-3-2-4-9-13(19)10(5-6-20-14(8)9)15-11(16)7-12(17)18/h2-4,10H,5-7H2,1H3,(H,15,16)(H,17,18). The molecule has 1 aromatic carbocycles. The van der Waals surface area contributed by atoms with Crippen molar-refractivity contribution >= 4 is 17.7 Å². The second kappa shape index (κ2) is 5.73. The quantitative estimate of drug-likeness (QED) is 0.801. The number of amides is 1. The van der Waals surface area contributed by atoms with Crippen LogP contribution in [0.25, 0.3) is 0 Å². The van der Waals surface area contributed by atoms with E-state index in [1.807, 2.05) is 13.0 Å². The number of hydrogen-bond acceptors (Lipinski definition) is 4. The number of hydrogen-bond donors (Lipinski definition) is 2. The van der Waals surface area contributed by atoms with Gasteiger partial charge in [0, 0.05) is 6.42 Å². The van der Waals surface area contributed by atoms with Crippen LogP contribution in [-0.4, -0.2) is 35.4 Å². The van der Waals surface area contributed by atoms with Gasteiger partial charge in [0.15, 0.2) is 5.78 Å². The van der Waals surface area contributed by atoms with Crippen molar-refractivity contribution in [3.63, 3.8) is 0 Å². The van der Waals surface area contributed by atoms with Gasteiger partial charge in [-0.2, -0.15) is 0 Å². The molecule has 1 atom stereocenters. The Morgan fingerprint density at radius 3 is 2.90 bits per heavy atom. The number of para-hydroxylation sites is 1. The smallest absolute Gasteiger partial charge is 0.312 e. The zero-order valence-corrected chi connectivity index (χ0v) is 11.0. The molecule has 20 heavy (non-hydrogen) atoms. The van der Waals surface area contributed by atoms with Crippen LogP contribution >= 0.6 is 0 Å². The molecule has 1 aliphatic rings. The molecule has 0 saturated heterocycles. The minimum Gasteiger partial charge on any atom is -0.492 e. The lowest BCUT2D eigenvalue weighted by Gasteiger charge is -2.14. The normalized spacial score (nSPS) is 17.6. The van der Waals surface area contributed by atoms with Gasteiger partial charge < -0.3 is 15.2 Å². The largest absolute Gasteiger partial charge is 0.492 e. The maximum Gasteiger partial charge on any atom is 0.312 e. The molecule has 106 valence electrons. The van der Waals surface area contributed by atoms with E-state index in [0.717, 1.165) is 5.56 Å². The summed E-state index contributed by atoms with van der Waals surface area (Å²) in [6.45, 7) is 2.14. The summed E-state index contributed by atoms with van der Waals surface area (Å²) in [5, 5.41) is 11.0. The number of carbonyl (C=O) groups excluding carboxylic acids is 2. The molecule has 2 N–H and O–H groups in total. The van der Waals surface area contributed by atoms with Crippen molar-refractivity contribution in [3.8, 4) is 5.75 Å². The molecular weight excluding hydrogens is 262 g/mol. The fraction of sp³-hybridized carbons (Fsp3) is 0.357. The third-order valence-electron chi connectivity index (χ3n) is 3.09. The molecule has 0 aromatic heterocycles. The van der Waals surface area contributed by atoms with Crippen LogP contribution in [0.3, 0.4) is 0 Å². The number of ketones is 1. The molecule has 6 nitrogen and oxygen atoms in total. The van der Waals surface area contributed by atoms with Gasteiger partial charge in [0.25, 0.3) is 0 Å². The Hall–Kier alpha value is -2.37. The van der Waals surface area contributed by atoms with E-state index in [-0.39, 0.29) is 5.78 Å². The molecule has 1 aromatic rings. The Morgan fingerprint density at radius 1 is 1.45 bits per heavy atom. The number of carboxylic acid groups (broad SMARTS) is 1. The molecule has 2 rings (SSSR count). The van der Waals surface area contributed by atoms with Crippen LogP contribution < -0.4 is 10.1 Å². The van der Waals surface area contributed by atoms with Crippen LogP contribution in [0.2, 0.25) is 0 Å². The first-order valence-corrected chi connectivity index (χ1v) is 6.27. The number of rotatable bonds is 3. The van der Waals surface area contributed by atoms with Gasteiger partial charge in [-0.25, -0.2) is 0 Å². The number of ether oxygens (including phenoxy) is 1. The van der Waals surface area contributed by atoms with E-state index in [0.29, 0.717) is 24.3 Å². The van der Waals surface area contributed by atoms with Gasteiger partial charge in [0.2, 0.25) is 5.91 Å². The first-order valence-electron chi connectivity index (χ1n) is 6.27. The van der Waals surface area contributed by atoms with Gasteiger partial charge in [-0.1, -0.05) is 12.1 Å². The van der Waals surface area contributed by atoms with E-state index in [4.69, 9.17) is 9.84 Å². The van der Waals surface area contributed by atoms with Gasteiger partial charge in [-0.15, -0.1) is 0 Å². The van der Waals surface area contributed by atoms with E-state index >= 15 is 0 Å². The lowest BCUT2D eigenvalue weighted by Crippen LogP contribution is -2.41. The highest BCUT2D eigenvalue weighted by atomic mass is 16.5. The molecular formula is C14H15NO5. The Balaban J connectivity index is 2.19.